The monoisotopic (exact) mass is 273 g/mol. The molecule has 5 nitrogen and oxygen atoms in total. The third-order valence-electron chi connectivity index (χ3n) is 4.15. The highest BCUT2D eigenvalue weighted by Gasteiger charge is 2.17. The van der Waals surface area contributed by atoms with E-state index in [0.717, 1.165) is 38.1 Å². The summed E-state index contributed by atoms with van der Waals surface area (Å²) in [6, 6.07) is 0. The van der Waals surface area contributed by atoms with Crippen molar-refractivity contribution >= 4 is 0 Å². The van der Waals surface area contributed by atoms with Crippen LogP contribution in [0.2, 0.25) is 0 Å². The van der Waals surface area contributed by atoms with Gasteiger partial charge in [-0.2, -0.15) is 10.2 Å². The van der Waals surface area contributed by atoms with Gasteiger partial charge in [0, 0.05) is 18.7 Å². The third kappa shape index (κ3) is 2.76. The minimum atomic E-state index is 0.932. The molecule has 0 amide bonds. The maximum absolute atomic E-state index is 4.51. The first-order chi connectivity index (χ1) is 9.88. The van der Waals surface area contributed by atoms with Gasteiger partial charge in [-0.1, -0.05) is 13.3 Å². The van der Waals surface area contributed by atoms with Crippen LogP contribution in [0.4, 0.5) is 0 Å². The Morgan fingerprint density at radius 3 is 3.05 bits per heavy atom. The van der Waals surface area contributed by atoms with Gasteiger partial charge in [-0.05, 0) is 44.1 Å². The second-order valence-electron chi connectivity index (χ2n) is 5.59. The van der Waals surface area contributed by atoms with Crippen molar-refractivity contribution in [2.75, 3.05) is 0 Å². The smallest absolute Gasteiger partial charge is 0.138 e. The average Bonchev–Trinajstić information content (AvgIpc) is 3.09. The van der Waals surface area contributed by atoms with E-state index >= 15 is 0 Å². The number of nitrogens with one attached hydrogen (secondary N) is 1. The van der Waals surface area contributed by atoms with Crippen molar-refractivity contribution in [3.05, 3.63) is 29.1 Å². The van der Waals surface area contributed by atoms with E-state index in [9.17, 15) is 0 Å². The standard InChI is InChI=1S/C15H23N5/c1-2-3-10-20-15(16-11-17-20)9-8-14-12-6-4-5-7-13(12)18-19-14/h11H,2-10H2,1H3,(H,18,19). The number of aryl methyl sites for hydroxylation is 4. The van der Waals surface area contributed by atoms with E-state index in [-0.39, 0.29) is 0 Å². The van der Waals surface area contributed by atoms with Gasteiger partial charge >= 0.3 is 0 Å². The molecule has 3 rings (SSSR count). The lowest BCUT2D eigenvalue weighted by Gasteiger charge is -2.11. The summed E-state index contributed by atoms with van der Waals surface area (Å²) < 4.78 is 2.04. The summed E-state index contributed by atoms with van der Waals surface area (Å²) >= 11 is 0. The van der Waals surface area contributed by atoms with Gasteiger partial charge < -0.3 is 0 Å². The van der Waals surface area contributed by atoms with Crippen LogP contribution in [0, 0.1) is 0 Å². The number of hydrogen-bond acceptors (Lipinski definition) is 3. The number of H-pyrrole nitrogens is 1. The molecule has 2 heterocycles. The second-order valence-corrected chi connectivity index (χ2v) is 5.59. The first-order valence-corrected chi connectivity index (χ1v) is 7.80. The van der Waals surface area contributed by atoms with Crippen LogP contribution < -0.4 is 0 Å². The van der Waals surface area contributed by atoms with Crippen LogP contribution in [-0.2, 0) is 32.2 Å². The number of aromatic amines is 1. The van der Waals surface area contributed by atoms with Crippen LogP contribution in [-0.4, -0.2) is 25.0 Å². The molecule has 2 aromatic heterocycles. The Morgan fingerprint density at radius 1 is 1.25 bits per heavy atom. The largest absolute Gasteiger partial charge is 0.282 e. The lowest BCUT2D eigenvalue weighted by Crippen LogP contribution is -2.08. The van der Waals surface area contributed by atoms with Crippen molar-refractivity contribution in [3.63, 3.8) is 0 Å². The Bertz CT molecular complexity index is 554. The molecule has 108 valence electrons. The quantitative estimate of drug-likeness (QED) is 0.879. The van der Waals surface area contributed by atoms with Crippen LogP contribution in [0.25, 0.3) is 0 Å². The first-order valence-electron chi connectivity index (χ1n) is 7.80. The highest BCUT2D eigenvalue weighted by atomic mass is 15.3. The molecule has 0 unspecified atom stereocenters. The predicted octanol–water partition coefficient (Wildman–Crippen LogP) is 2.47. The van der Waals surface area contributed by atoms with Gasteiger partial charge in [0.15, 0.2) is 0 Å². The zero-order chi connectivity index (χ0) is 13.8. The first kappa shape index (κ1) is 13.3. The van der Waals surface area contributed by atoms with Crippen molar-refractivity contribution in [1.82, 2.24) is 25.0 Å². The normalized spacial score (nSPS) is 14.4. The van der Waals surface area contributed by atoms with E-state index < -0.39 is 0 Å². The van der Waals surface area contributed by atoms with Gasteiger partial charge in [-0.25, -0.2) is 4.98 Å². The number of rotatable bonds is 6. The van der Waals surface area contributed by atoms with Crippen LogP contribution >= 0.6 is 0 Å². The zero-order valence-electron chi connectivity index (χ0n) is 12.2. The van der Waals surface area contributed by atoms with Crippen molar-refractivity contribution in [2.24, 2.45) is 0 Å². The Kier molecular flexibility index (Phi) is 4.14. The molecule has 1 N–H and O–H groups in total. The molecule has 1 aliphatic rings. The van der Waals surface area contributed by atoms with E-state index in [4.69, 9.17) is 0 Å². The highest BCUT2D eigenvalue weighted by Crippen LogP contribution is 2.22. The third-order valence-corrected chi connectivity index (χ3v) is 4.15. The molecule has 0 fully saturated rings. The van der Waals surface area contributed by atoms with Crippen molar-refractivity contribution in [2.45, 2.75) is 64.8 Å². The maximum atomic E-state index is 4.51. The number of aromatic nitrogens is 5. The molecule has 0 atom stereocenters. The predicted molar refractivity (Wildman–Crippen MR) is 77.6 cm³/mol. The SMILES string of the molecule is CCCCn1ncnc1CCc1n[nH]c2c1CCCC2. The summed E-state index contributed by atoms with van der Waals surface area (Å²) in [5.41, 5.74) is 4.07. The summed E-state index contributed by atoms with van der Waals surface area (Å²) in [6.45, 7) is 3.18. The molecule has 0 aliphatic heterocycles. The van der Waals surface area contributed by atoms with Gasteiger partial charge in [0.05, 0.1) is 5.69 Å². The topological polar surface area (TPSA) is 59.4 Å². The number of nitrogens with zero attached hydrogens (tertiary/aromatic N) is 4. The van der Waals surface area contributed by atoms with Crippen molar-refractivity contribution < 1.29 is 0 Å². The van der Waals surface area contributed by atoms with Gasteiger partial charge in [-0.15, -0.1) is 0 Å². The van der Waals surface area contributed by atoms with E-state index in [1.54, 1.807) is 6.33 Å². The summed E-state index contributed by atoms with van der Waals surface area (Å²) in [7, 11) is 0. The molecule has 1 aliphatic carbocycles. The van der Waals surface area contributed by atoms with Crippen LogP contribution in [0.1, 0.15) is 55.4 Å². The molecule has 0 bridgehead atoms. The molecule has 0 saturated carbocycles. The fourth-order valence-electron chi connectivity index (χ4n) is 2.96. The highest BCUT2D eigenvalue weighted by molar-refractivity contribution is 5.28. The van der Waals surface area contributed by atoms with Crippen molar-refractivity contribution in [3.8, 4) is 0 Å². The average molecular weight is 273 g/mol. The minimum Gasteiger partial charge on any atom is -0.282 e. The molecule has 0 spiro atoms. The summed E-state index contributed by atoms with van der Waals surface area (Å²) in [6.07, 6.45) is 10.9. The molecular formula is C15H23N5. The molecule has 20 heavy (non-hydrogen) atoms. The fourth-order valence-corrected chi connectivity index (χ4v) is 2.96. The summed E-state index contributed by atoms with van der Waals surface area (Å²) in [5.74, 6) is 1.09. The lowest BCUT2D eigenvalue weighted by atomic mass is 9.94. The van der Waals surface area contributed by atoms with E-state index in [0.29, 0.717) is 0 Å². The minimum absolute atomic E-state index is 0.932. The van der Waals surface area contributed by atoms with Crippen molar-refractivity contribution in [1.29, 1.82) is 0 Å². The van der Waals surface area contributed by atoms with Gasteiger partial charge in [0.25, 0.3) is 0 Å². The van der Waals surface area contributed by atoms with E-state index in [2.05, 4.69) is 27.2 Å². The Hall–Kier alpha value is -1.65. The summed E-state index contributed by atoms with van der Waals surface area (Å²) in [4.78, 5) is 4.39. The number of fused-ring (bicyclic) bond motifs is 1. The molecule has 0 radical (unpaired) electrons. The maximum Gasteiger partial charge on any atom is 0.138 e. The number of unbranched alkanes of at least 4 members (excludes halogenated alkanes) is 1. The molecular weight excluding hydrogens is 250 g/mol. The van der Waals surface area contributed by atoms with Crippen LogP contribution in [0.3, 0.4) is 0 Å². The van der Waals surface area contributed by atoms with Gasteiger partial charge in [0.1, 0.15) is 12.2 Å². The number of hydrogen-bond donors (Lipinski definition) is 1. The fraction of sp³-hybridized carbons (Fsp3) is 0.667. The second kappa shape index (κ2) is 6.20. The Morgan fingerprint density at radius 2 is 2.15 bits per heavy atom. The zero-order valence-corrected chi connectivity index (χ0v) is 12.2. The Labute approximate surface area is 119 Å². The van der Waals surface area contributed by atoms with Crippen LogP contribution in [0.5, 0.6) is 0 Å². The molecule has 0 saturated heterocycles. The molecule has 0 aromatic carbocycles. The Balaban J connectivity index is 1.65. The van der Waals surface area contributed by atoms with Crippen LogP contribution in [0.15, 0.2) is 6.33 Å². The van der Waals surface area contributed by atoms with Gasteiger partial charge in [-0.3, -0.25) is 9.78 Å². The lowest BCUT2D eigenvalue weighted by molar-refractivity contribution is 0.542. The van der Waals surface area contributed by atoms with E-state index in [1.807, 2.05) is 4.68 Å². The van der Waals surface area contributed by atoms with Gasteiger partial charge in [0.2, 0.25) is 0 Å². The molecule has 5 heteroatoms. The van der Waals surface area contributed by atoms with E-state index in [1.165, 1.54) is 42.6 Å². The molecule has 2 aromatic rings. The summed E-state index contributed by atoms with van der Waals surface area (Å²) in [5, 5.41) is 12.0.